The van der Waals surface area contributed by atoms with Gasteiger partial charge in [-0.2, -0.15) is 0 Å². The molecule has 0 bridgehead atoms. The summed E-state index contributed by atoms with van der Waals surface area (Å²) in [6.07, 6.45) is 8.44. The summed E-state index contributed by atoms with van der Waals surface area (Å²) < 4.78 is 2.14. The molecule has 0 saturated heterocycles. The van der Waals surface area contributed by atoms with Crippen LogP contribution >= 0.6 is 0 Å². The zero-order valence-corrected chi connectivity index (χ0v) is 10.1. The van der Waals surface area contributed by atoms with Gasteiger partial charge in [-0.25, -0.2) is 9.97 Å². The van der Waals surface area contributed by atoms with Crippen molar-refractivity contribution in [1.82, 2.24) is 19.5 Å². The molecule has 0 aliphatic rings. The van der Waals surface area contributed by atoms with Crippen LogP contribution in [0.25, 0.3) is 0 Å². The normalized spacial score (nSPS) is 11.9. The highest BCUT2D eigenvalue weighted by molar-refractivity contribution is 4.99. The molecule has 86 valence electrons. The number of imidazole rings is 2. The first-order valence-electron chi connectivity index (χ1n) is 5.53. The third kappa shape index (κ3) is 2.72. The van der Waals surface area contributed by atoms with Gasteiger partial charge < -0.3 is 9.55 Å². The van der Waals surface area contributed by atoms with Crippen LogP contribution in [0.2, 0.25) is 0 Å². The fraction of sp³-hybridized carbons (Fsp3) is 0.500. The van der Waals surface area contributed by atoms with Crippen molar-refractivity contribution in [3.63, 3.8) is 0 Å². The molecule has 2 aromatic heterocycles. The minimum Gasteiger partial charge on any atom is -0.347 e. The van der Waals surface area contributed by atoms with Crippen molar-refractivity contribution in [2.24, 2.45) is 5.41 Å². The van der Waals surface area contributed by atoms with Crippen molar-refractivity contribution in [3.8, 4) is 0 Å². The molecule has 0 radical (unpaired) electrons. The first kappa shape index (κ1) is 10.9. The largest absolute Gasteiger partial charge is 0.347 e. The molecule has 0 fully saturated rings. The fourth-order valence-electron chi connectivity index (χ4n) is 1.67. The number of nitrogens with one attached hydrogen (secondary N) is 1. The molecule has 2 rings (SSSR count). The first-order chi connectivity index (χ1) is 7.54. The minimum absolute atomic E-state index is 0.256. The molecular formula is C12H18N4. The summed E-state index contributed by atoms with van der Waals surface area (Å²) in [5.41, 5.74) is 0.256. The predicted octanol–water partition coefficient (Wildman–Crippen LogP) is 2.24. The second-order valence-corrected chi connectivity index (χ2v) is 5.24. The van der Waals surface area contributed by atoms with E-state index in [1.54, 1.807) is 6.20 Å². The lowest BCUT2D eigenvalue weighted by Gasteiger charge is -2.18. The lowest BCUT2D eigenvalue weighted by atomic mass is 9.92. The number of aromatic amines is 1. The van der Waals surface area contributed by atoms with Gasteiger partial charge in [0.05, 0.1) is 6.54 Å². The van der Waals surface area contributed by atoms with Gasteiger partial charge in [0.1, 0.15) is 11.6 Å². The molecule has 0 aliphatic carbocycles. The molecule has 0 aliphatic heterocycles. The molecule has 0 atom stereocenters. The molecule has 4 heteroatoms. The Balaban J connectivity index is 2.13. The standard InChI is InChI=1S/C12H18N4/c1-12(2,3)8-11-15-6-7-16(11)9-10-13-4-5-14-10/h4-7H,8-9H2,1-3H3,(H,13,14). The summed E-state index contributed by atoms with van der Waals surface area (Å²) in [7, 11) is 0. The van der Waals surface area contributed by atoms with Crippen molar-refractivity contribution in [2.45, 2.75) is 33.7 Å². The summed E-state index contributed by atoms with van der Waals surface area (Å²) in [5, 5.41) is 0. The van der Waals surface area contributed by atoms with E-state index in [4.69, 9.17) is 0 Å². The second kappa shape index (κ2) is 4.12. The molecule has 2 heterocycles. The average molecular weight is 218 g/mol. The Hall–Kier alpha value is -1.58. The van der Waals surface area contributed by atoms with Gasteiger partial charge in [0, 0.05) is 31.2 Å². The van der Waals surface area contributed by atoms with Crippen LogP contribution in [0, 0.1) is 5.41 Å². The quantitative estimate of drug-likeness (QED) is 0.858. The molecule has 2 aromatic rings. The van der Waals surface area contributed by atoms with Crippen molar-refractivity contribution < 1.29 is 0 Å². The van der Waals surface area contributed by atoms with Gasteiger partial charge in [0.2, 0.25) is 0 Å². The number of hydrogen-bond acceptors (Lipinski definition) is 2. The molecule has 0 amide bonds. The van der Waals surface area contributed by atoms with Gasteiger partial charge in [0.25, 0.3) is 0 Å². The van der Waals surface area contributed by atoms with Crippen LogP contribution in [-0.4, -0.2) is 19.5 Å². The summed E-state index contributed by atoms with van der Waals surface area (Å²) >= 11 is 0. The van der Waals surface area contributed by atoms with Crippen LogP contribution in [0.3, 0.4) is 0 Å². The molecule has 0 spiro atoms. The summed E-state index contributed by atoms with van der Waals surface area (Å²) in [4.78, 5) is 11.7. The Kier molecular flexibility index (Phi) is 2.81. The van der Waals surface area contributed by atoms with Gasteiger partial charge in [-0.1, -0.05) is 20.8 Å². The van der Waals surface area contributed by atoms with Crippen LogP contribution in [0.5, 0.6) is 0 Å². The smallest absolute Gasteiger partial charge is 0.126 e. The zero-order chi connectivity index (χ0) is 11.6. The van der Waals surface area contributed by atoms with Crippen LogP contribution in [0.4, 0.5) is 0 Å². The molecule has 0 saturated carbocycles. The first-order valence-corrected chi connectivity index (χ1v) is 5.53. The van der Waals surface area contributed by atoms with Gasteiger partial charge in [-0.15, -0.1) is 0 Å². The third-order valence-electron chi connectivity index (χ3n) is 2.37. The summed E-state index contributed by atoms with van der Waals surface area (Å²) in [6, 6.07) is 0. The average Bonchev–Trinajstić information content (AvgIpc) is 2.77. The Morgan fingerprint density at radius 2 is 2.06 bits per heavy atom. The number of nitrogens with zero attached hydrogens (tertiary/aromatic N) is 3. The molecular weight excluding hydrogens is 200 g/mol. The van der Waals surface area contributed by atoms with E-state index in [-0.39, 0.29) is 5.41 Å². The van der Waals surface area contributed by atoms with Crippen LogP contribution in [-0.2, 0) is 13.0 Å². The monoisotopic (exact) mass is 218 g/mol. The SMILES string of the molecule is CC(C)(C)Cc1nccn1Cc1ncc[nH]1. The number of hydrogen-bond donors (Lipinski definition) is 1. The maximum Gasteiger partial charge on any atom is 0.126 e. The number of rotatable bonds is 3. The summed E-state index contributed by atoms with van der Waals surface area (Å²) in [5.74, 6) is 2.08. The van der Waals surface area contributed by atoms with E-state index in [9.17, 15) is 0 Å². The van der Waals surface area contributed by atoms with Crippen LogP contribution in [0.15, 0.2) is 24.8 Å². The molecule has 0 unspecified atom stereocenters. The zero-order valence-electron chi connectivity index (χ0n) is 10.1. The Bertz CT molecular complexity index is 434. The van der Waals surface area contributed by atoms with Gasteiger partial charge >= 0.3 is 0 Å². The van der Waals surface area contributed by atoms with Crippen molar-refractivity contribution in [1.29, 1.82) is 0 Å². The van der Waals surface area contributed by atoms with Crippen molar-refractivity contribution >= 4 is 0 Å². The second-order valence-electron chi connectivity index (χ2n) is 5.24. The van der Waals surface area contributed by atoms with E-state index in [2.05, 4.69) is 40.3 Å². The topological polar surface area (TPSA) is 46.5 Å². The van der Waals surface area contributed by atoms with Crippen LogP contribution < -0.4 is 0 Å². The molecule has 0 aromatic carbocycles. The molecule has 16 heavy (non-hydrogen) atoms. The van der Waals surface area contributed by atoms with E-state index in [0.717, 1.165) is 24.6 Å². The van der Waals surface area contributed by atoms with Crippen LogP contribution in [0.1, 0.15) is 32.4 Å². The predicted molar refractivity (Wildman–Crippen MR) is 63.1 cm³/mol. The lowest BCUT2D eigenvalue weighted by molar-refractivity contribution is 0.393. The third-order valence-corrected chi connectivity index (χ3v) is 2.37. The van der Waals surface area contributed by atoms with Crippen molar-refractivity contribution in [2.75, 3.05) is 0 Å². The van der Waals surface area contributed by atoms with E-state index in [0.29, 0.717) is 0 Å². The fourth-order valence-corrected chi connectivity index (χ4v) is 1.67. The minimum atomic E-state index is 0.256. The highest BCUT2D eigenvalue weighted by Gasteiger charge is 2.15. The van der Waals surface area contributed by atoms with E-state index >= 15 is 0 Å². The number of aromatic nitrogens is 4. The number of H-pyrrole nitrogens is 1. The maximum atomic E-state index is 4.40. The molecule has 4 nitrogen and oxygen atoms in total. The maximum absolute atomic E-state index is 4.40. The van der Waals surface area contributed by atoms with E-state index < -0.39 is 0 Å². The van der Waals surface area contributed by atoms with Gasteiger partial charge in [0.15, 0.2) is 0 Å². The highest BCUT2D eigenvalue weighted by Crippen LogP contribution is 2.19. The van der Waals surface area contributed by atoms with Crippen molar-refractivity contribution in [3.05, 3.63) is 36.4 Å². The lowest BCUT2D eigenvalue weighted by Crippen LogP contribution is -2.15. The van der Waals surface area contributed by atoms with Gasteiger partial charge in [-0.3, -0.25) is 0 Å². The highest BCUT2D eigenvalue weighted by atomic mass is 15.1. The van der Waals surface area contributed by atoms with Gasteiger partial charge in [-0.05, 0) is 5.41 Å². The summed E-state index contributed by atoms with van der Waals surface area (Å²) in [6.45, 7) is 7.43. The van der Waals surface area contributed by atoms with E-state index in [1.165, 1.54) is 0 Å². The Labute approximate surface area is 95.7 Å². The Morgan fingerprint density at radius 3 is 2.69 bits per heavy atom. The molecule has 1 N–H and O–H groups in total. The Morgan fingerprint density at radius 1 is 1.25 bits per heavy atom. The van der Waals surface area contributed by atoms with E-state index in [1.807, 2.05) is 18.6 Å².